The van der Waals surface area contributed by atoms with Gasteiger partial charge < -0.3 is 19.5 Å². The number of nitrogens with one attached hydrogen (secondary N) is 1. The van der Waals surface area contributed by atoms with E-state index in [1.54, 1.807) is 49.6 Å². The van der Waals surface area contributed by atoms with E-state index in [4.69, 9.17) is 25.8 Å². The molecule has 0 heterocycles. The molecular formula is C25H22ClNO5. The van der Waals surface area contributed by atoms with Crippen molar-refractivity contribution in [1.29, 1.82) is 0 Å². The fourth-order valence-corrected chi connectivity index (χ4v) is 2.86. The van der Waals surface area contributed by atoms with Crippen molar-refractivity contribution >= 4 is 35.2 Å². The molecule has 0 saturated heterocycles. The molecule has 164 valence electrons. The summed E-state index contributed by atoms with van der Waals surface area (Å²) in [5.41, 5.74) is 2.27. The maximum Gasteiger partial charge on any atom is 0.331 e. The molecule has 6 nitrogen and oxygen atoms in total. The van der Waals surface area contributed by atoms with Gasteiger partial charge >= 0.3 is 5.97 Å². The first-order valence-electron chi connectivity index (χ1n) is 9.78. The molecule has 0 spiro atoms. The summed E-state index contributed by atoms with van der Waals surface area (Å²) >= 11 is 6.12. The van der Waals surface area contributed by atoms with Gasteiger partial charge in [0.15, 0.2) is 6.61 Å². The molecule has 1 N–H and O–H groups in total. The number of carbonyl (C=O) groups excluding carboxylic acids is 2. The number of hydrogen-bond acceptors (Lipinski definition) is 5. The third-order valence-corrected chi connectivity index (χ3v) is 4.73. The lowest BCUT2D eigenvalue weighted by atomic mass is 10.2. The Bertz CT molecular complexity index is 1080. The molecule has 0 fully saturated rings. The molecule has 0 radical (unpaired) electrons. The van der Waals surface area contributed by atoms with Crippen molar-refractivity contribution < 1.29 is 23.8 Å². The summed E-state index contributed by atoms with van der Waals surface area (Å²) in [5, 5.41) is 3.29. The van der Waals surface area contributed by atoms with Crippen LogP contribution >= 0.6 is 11.6 Å². The summed E-state index contributed by atoms with van der Waals surface area (Å²) in [7, 11) is 1.56. The number of ether oxygens (including phenoxy) is 3. The summed E-state index contributed by atoms with van der Waals surface area (Å²) in [6, 6.07) is 21.5. The van der Waals surface area contributed by atoms with E-state index in [9.17, 15) is 9.59 Å². The Hall–Kier alpha value is -3.77. The van der Waals surface area contributed by atoms with Crippen molar-refractivity contribution in [2.45, 2.75) is 6.61 Å². The van der Waals surface area contributed by atoms with Gasteiger partial charge in [0.2, 0.25) is 0 Å². The molecule has 3 rings (SSSR count). The van der Waals surface area contributed by atoms with E-state index >= 15 is 0 Å². The molecule has 0 atom stereocenters. The zero-order valence-electron chi connectivity index (χ0n) is 17.4. The molecule has 0 unspecified atom stereocenters. The fraction of sp³-hybridized carbons (Fsp3) is 0.120. The average molecular weight is 452 g/mol. The van der Waals surface area contributed by atoms with E-state index in [1.807, 2.05) is 36.4 Å². The van der Waals surface area contributed by atoms with Crippen LogP contribution in [0.1, 0.15) is 11.1 Å². The second-order valence-electron chi connectivity index (χ2n) is 6.67. The number of methoxy groups -OCH3 is 1. The Labute approximate surface area is 191 Å². The maximum atomic E-state index is 11.9. The Kier molecular flexibility index (Phi) is 8.29. The van der Waals surface area contributed by atoms with Crippen LogP contribution in [0.3, 0.4) is 0 Å². The molecule has 0 saturated carbocycles. The van der Waals surface area contributed by atoms with Gasteiger partial charge in [0.25, 0.3) is 5.91 Å². The minimum absolute atomic E-state index is 0.361. The summed E-state index contributed by atoms with van der Waals surface area (Å²) in [4.78, 5) is 23.8. The number of esters is 1. The van der Waals surface area contributed by atoms with Gasteiger partial charge in [-0.3, -0.25) is 4.79 Å². The van der Waals surface area contributed by atoms with Gasteiger partial charge in [-0.25, -0.2) is 4.79 Å². The van der Waals surface area contributed by atoms with Gasteiger partial charge in [0, 0.05) is 22.3 Å². The quantitative estimate of drug-likeness (QED) is 0.361. The topological polar surface area (TPSA) is 73.9 Å². The van der Waals surface area contributed by atoms with Crippen LogP contribution in [0.5, 0.6) is 11.5 Å². The zero-order valence-corrected chi connectivity index (χ0v) is 18.2. The molecular weight excluding hydrogens is 430 g/mol. The molecule has 0 bridgehead atoms. The lowest BCUT2D eigenvalue weighted by molar-refractivity contribution is -0.142. The molecule has 0 aliphatic carbocycles. The molecule has 0 aliphatic rings. The Balaban J connectivity index is 1.42. The summed E-state index contributed by atoms with van der Waals surface area (Å²) in [6.07, 6.45) is 2.86. The second kappa shape index (κ2) is 11.6. The first-order chi connectivity index (χ1) is 15.5. The number of hydrogen-bond donors (Lipinski definition) is 1. The van der Waals surface area contributed by atoms with Crippen molar-refractivity contribution in [2.24, 2.45) is 0 Å². The third-order valence-electron chi connectivity index (χ3n) is 4.36. The molecule has 32 heavy (non-hydrogen) atoms. The molecule has 7 heteroatoms. The van der Waals surface area contributed by atoms with Gasteiger partial charge in [-0.15, -0.1) is 0 Å². The van der Waals surface area contributed by atoms with Gasteiger partial charge in [-0.1, -0.05) is 41.9 Å². The molecule has 1 amide bonds. The Morgan fingerprint density at radius 3 is 2.31 bits per heavy atom. The first-order valence-corrected chi connectivity index (χ1v) is 10.2. The van der Waals surface area contributed by atoms with Crippen LogP contribution in [0.4, 0.5) is 5.69 Å². The monoisotopic (exact) mass is 451 g/mol. The summed E-state index contributed by atoms with van der Waals surface area (Å²) < 4.78 is 15.8. The van der Waals surface area contributed by atoms with Crippen molar-refractivity contribution in [3.63, 3.8) is 0 Å². The van der Waals surface area contributed by atoms with Crippen LogP contribution in [-0.4, -0.2) is 25.6 Å². The van der Waals surface area contributed by atoms with E-state index in [0.29, 0.717) is 28.8 Å². The standard InChI is InChI=1S/C25H22ClNO5/c1-30-21-13-9-20(10-14-21)27-24(28)17-32-25(29)15-8-18-6-11-22(12-7-18)31-16-19-4-2-3-5-23(19)26/h2-15H,16-17H2,1H3,(H,27,28)/b15-8+. The number of carbonyl (C=O) groups is 2. The van der Waals surface area contributed by atoms with Gasteiger partial charge in [0.1, 0.15) is 18.1 Å². The minimum atomic E-state index is -0.617. The maximum absolute atomic E-state index is 11.9. The lowest BCUT2D eigenvalue weighted by Crippen LogP contribution is -2.20. The van der Waals surface area contributed by atoms with Crippen molar-refractivity contribution in [3.8, 4) is 11.5 Å². The van der Waals surface area contributed by atoms with E-state index in [2.05, 4.69) is 5.32 Å². The van der Waals surface area contributed by atoms with Crippen LogP contribution in [0, 0.1) is 0 Å². The van der Waals surface area contributed by atoms with Gasteiger partial charge in [-0.2, -0.15) is 0 Å². The smallest absolute Gasteiger partial charge is 0.331 e. The zero-order chi connectivity index (χ0) is 22.8. The highest BCUT2D eigenvalue weighted by atomic mass is 35.5. The normalized spacial score (nSPS) is 10.6. The van der Waals surface area contributed by atoms with Crippen molar-refractivity contribution in [1.82, 2.24) is 0 Å². The van der Waals surface area contributed by atoms with Crippen LogP contribution in [0.25, 0.3) is 6.08 Å². The number of rotatable bonds is 9. The van der Waals surface area contributed by atoms with Crippen molar-refractivity contribution in [3.05, 3.63) is 95.0 Å². The largest absolute Gasteiger partial charge is 0.497 e. The highest BCUT2D eigenvalue weighted by molar-refractivity contribution is 6.31. The summed E-state index contributed by atoms with van der Waals surface area (Å²) in [5.74, 6) is 0.311. The van der Waals surface area contributed by atoms with E-state index in [0.717, 1.165) is 11.1 Å². The number of halogens is 1. The Morgan fingerprint density at radius 1 is 0.938 bits per heavy atom. The van der Waals surface area contributed by atoms with Gasteiger partial charge in [0.05, 0.1) is 7.11 Å². The van der Waals surface area contributed by atoms with Crippen LogP contribution in [-0.2, 0) is 20.9 Å². The molecule has 0 aromatic heterocycles. The predicted molar refractivity (Wildman–Crippen MR) is 124 cm³/mol. The fourth-order valence-electron chi connectivity index (χ4n) is 2.67. The molecule has 0 aliphatic heterocycles. The number of benzene rings is 3. The van der Waals surface area contributed by atoms with Crippen LogP contribution in [0.15, 0.2) is 78.9 Å². The third kappa shape index (κ3) is 7.18. The SMILES string of the molecule is COc1ccc(NC(=O)COC(=O)/C=C/c2ccc(OCc3ccccc3Cl)cc2)cc1. The Morgan fingerprint density at radius 2 is 1.62 bits per heavy atom. The number of amides is 1. The number of anilines is 1. The lowest BCUT2D eigenvalue weighted by Gasteiger charge is -2.08. The van der Waals surface area contributed by atoms with Gasteiger partial charge in [-0.05, 0) is 54.1 Å². The van der Waals surface area contributed by atoms with E-state index in [1.165, 1.54) is 6.08 Å². The minimum Gasteiger partial charge on any atom is -0.497 e. The van der Waals surface area contributed by atoms with Crippen LogP contribution in [0.2, 0.25) is 5.02 Å². The molecule has 3 aromatic rings. The van der Waals surface area contributed by atoms with Crippen molar-refractivity contribution in [2.75, 3.05) is 19.0 Å². The average Bonchev–Trinajstić information content (AvgIpc) is 2.82. The molecule has 3 aromatic carbocycles. The second-order valence-corrected chi connectivity index (χ2v) is 7.07. The highest BCUT2D eigenvalue weighted by Gasteiger charge is 2.06. The highest BCUT2D eigenvalue weighted by Crippen LogP contribution is 2.19. The van der Waals surface area contributed by atoms with E-state index in [-0.39, 0.29) is 6.61 Å². The summed E-state index contributed by atoms with van der Waals surface area (Å²) in [6.45, 7) is -0.0240. The predicted octanol–water partition coefficient (Wildman–Crippen LogP) is 5.12. The first kappa shape index (κ1) is 22.9. The van der Waals surface area contributed by atoms with E-state index < -0.39 is 11.9 Å². The van der Waals surface area contributed by atoms with Crippen LogP contribution < -0.4 is 14.8 Å².